The van der Waals surface area contributed by atoms with E-state index < -0.39 is 0 Å². The van der Waals surface area contributed by atoms with Crippen LogP contribution >= 0.6 is 0 Å². The maximum absolute atomic E-state index is 5.17. The third kappa shape index (κ3) is 6.58. The van der Waals surface area contributed by atoms with Crippen molar-refractivity contribution in [3.8, 4) is 78.7 Å². The second-order valence-corrected chi connectivity index (χ2v) is 15.2. The lowest BCUT2D eigenvalue weighted by Gasteiger charge is -2.14. The van der Waals surface area contributed by atoms with Gasteiger partial charge in [0.1, 0.15) is 0 Å². The van der Waals surface area contributed by atoms with Crippen LogP contribution in [0.4, 0.5) is 0 Å². The molecule has 0 N–H and O–H groups in total. The predicted octanol–water partition coefficient (Wildman–Crippen LogP) is 15.0. The van der Waals surface area contributed by atoms with Gasteiger partial charge in [0.05, 0.1) is 0 Å². The van der Waals surface area contributed by atoms with Crippen molar-refractivity contribution in [2.75, 3.05) is 0 Å². The Morgan fingerprint density at radius 3 is 1.22 bits per heavy atom. The summed E-state index contributed by atoms with van der Waals surface area (Å²) < 4.78 is 0. The summed E-state index contributed by atoms with van der Waals surface area (Å²) in [5.41, 5.74) is 12.1. The molecule has 0 spiro atoms. The SMILES string of the molecule is c1ccc(-c2ccc(-c3cccc(-c4nc(-c5ccc(-c6ccccc6)cc5)nc(-c5ccc(-c6c7ccccc7cc7c6ccc6ccccc67)cc5)n4)c3)cc2)cc1. The number of rotatable bonds is 7. The van der Waals surface area contributed by atoms with Crippen LogP contribution in [0.2, 0.25) is 0 Å². The van der Waals surface area contributed by atoms with Crippen LogP contribution in [0.25, 0.3) is 111 Å². The van der Waals surface area contributed by atoms with Crippen LogP contribution in [0.5, 0.6) is 0 Å². The maximum Gasteiger partial charge on any atom is 0.164 e. The minimum absolute atomic E-state index is 0.625. The third-order valence-corrected chi connectivity index (χ3v) is 11.5. The lowest BCUT2D eigenvalue weighted by molar-refractivity contribution is 1.07. The van der Waals surface area contributed by atoms with Crippen LogP contribution in [-0.2, 0) is 0 Å². The first-order valence-corrected chi connectivity index (χ1v) is 20.3. The van der Waals surface area contributed by atoms with Gasteiger partial charge in [-0.05, 0) is 89.0 Å². The van der Waals surface area contributed by atoms with Crippen molar-refractivity contribution in [3.63, 3.8) is 0 Å². The summed E-state index contributed by atoms with van der Waals surface area (Å²) in [7, 11) is 0. The molecule has 0 saturated carbocycles. The highest BCUT2D eigenvalue weighted by atomic mass is 15.0. The highest BCUT2D eigenvalue weighted by Gasteiger charge is 2.16. The second kappa shape index (κ2) is 15.1. The smallest absolute Gasteiger partial charge is 0.164 e. The van der Waals surface area contributed by atoms with Crippen LogP contribution in [0.3, 0.4) is 0 Å². The fraction of sp³-hybridized carbons (Fsp3) is 0. The molecule has 3 heteroatoms. The summed E-state index contributed by atoms with van der Waals surface area (Å²) in [6, 6.07) is 79.5. The predicted molar refractivity (Wildman–Crippen MR) is 250 cm³/mol. The molecule has 3 nitrogen and oxygen atoms in total. The Balaban J connectivity index is 1.01. The van der Waals surface area contributed by atoms with Crippen molar-refractivity contribution in [2.24, 2.45) is 0 Å². The van der Waals surface area contributed by atoms with Gasteiger partial charge in [-0.3, -0.25) is 0 Å². The van der Waals surface area contributed by atoms with Gasteiger partial charge in [0.25, 0.3) is 0 Å². The van der Waals surface area contributed by atoms with Crippen LogP contribution in [-0.4, -0.2) is 15.0 Å². The van der Waals surface area contributed by atoms with Crippen LogP contribution in [0.1, 0.15) is 0 Å². The van der Waals surface area contributed by atoms with Gasteiger partial charge in [0, 0.05) is 16.7 Å². The lowest BCUT2D eigenvalue weighted by atomic mass is 9.89. The number of hydrogen-bond donors (Lipinski definition) is 0. The zero-order valence-electron chi connectivity index (χ0n) is 32.7. The molecular weight excluding hydrogens is 727 g/mol. The lowest BCUT2D eigenvalue weighted by Crippen LogP contribution is -2.00. The zero-order valence-corrected chi connectivity index (χ0v) is 32.7. The Bertz CT molecular complexity index is 3320. The third-order valence-electron chi connectivity index (χ3n) is 11.5. The van der Waals surface area contributed by atoms with E-state index in [0.717, 1.165) is 38.9 Å². The van der Waals surface area contributed by atoms with E-state index in [1.54, 1.807) is 0 Å². The molecule has 0 aliphatic heterocycles. The Morgan fingerprint density at radius 2 is 0.617 bits per heavy atom. The molecule has 0 aliphatic rings. The average molecular weight is 764 g/mol. The van der Waals surface area contributed by atoms with E-state index in [2.05, 4.69) is 212 Å². The molecule has 10 aromatic carbocycles. The van der Waals surface area contributed by atoms with Crippen LogP contribution < -0.4 is 0 Å². The Hall–Kier alpha value is -8.01. The van der Waals surface area contributed by atoms with Gasteiger partial charge in [0.2, 0.25) is 0 Å². The van der Waals surface area contributed by atoms with Gasteiger partial charge in [-0.15, -0.1) is 0 Å². The molecule has 0 amide bonds. The van der Waals surface area contributed by atoms with Crippen LogP contribution in [0, 0.1) is 0 Å². The molecule has 1 aromatic heterocycles. The highest BCUT2D eigenvalue weighted by Crippen LogP contribution is 2.40. The fourth-order valence-electron chi connectivity index (χ4n) is 8.45. The Kier molecular flexibility index (Phi) is 8.83. The first-order valence-electron chi connectivity index (χ1n) is 20.3. The first-order chi connectivity index (χ1) is 29.7. The molecule has 0 unspecified atom stereocenters. The normalized spacial score (nSPS) is 11.3. The summed E-state index contributed by atoms with van der Waals surface area (Å²) in [6.07, 6.45) is 0. The molecule has 0 fully saturated rings. The zero-order chi connectivity index (χ0) is 39.8. The van der Waals surface area contributed by atoms with Gasteiger partial charge < -0.3 is 0 Å². The van der Waals surface area contributed by atoms with E-state index in [9.17, 15) is 0 Å². The number of benzene rings is 10. The highest BCUT2D eigenvalue weighted by molar-refractivity contribution is 6.20. The molecule has 280 valence electrons. The Morgan fingerprint density at radius 1 is 0.200 bits per heavy atom. The minimum atomic E-state index is 0.625. The molecule has 0 atom stereocenters. The monoisotopic (exact) mass is 763 g/mol. The summed E-state index contributed by atoms with van der Waals surface area (Å²) >= 11 is 0. The van der Waals surface area contributed by atoms with E-state index in [-0.39, 0.29) is 0 Å². The number of fused-ring (bicyclic) bond motifs is 4. The minimum Gasteiger partial charge on any atom is -0.208 e. The topological polar surface area (TPSA) is 38.7 Å². The van der Waals surface area contributed by atoms with Gasteiger partial charge in [0.15, 0.2) is 17.5 Å². The van der Waals surface area contributed by atoms with E-state index in [1.807, 2.05) is 12.1 Å². The molecule has 11 rings (SSSR count). The van der Waals surface area contributed by atoms with E-state index in [4.69, 9.17) is 15.0 Å². The quantitative estimate of drug-likeness (QED) is 0.120. The van der Waals surface area contributed by atoms with Crippen molar-refractivity contribution < 1.29 is 0 Å². The van der Waals surface area contributed by atoms with E-state index in [0.29, 0.717) is 17.5 Å². The summed E-state index contributed by atoms with van der Waals surface area (Å²) in [5, 5.41) is 7.44. The van der Waals surface area contributed by atoms with E-state index >= 15 is 0 Å². The maximum atomic E-state index is 5.17. The van der Waals surface area contributed by atoms with Crippen molar-refractivity contribution in [2.45, 2.75) is 0 Å². The number of nitrogens with zero attached hydrogens (tertiary/aromatic N) is 3. The first kappa shape index (κ1) is 35.2. The van der Waals surface area contributed by atoms with Crippen molar-refractivity contribution in [1.29, 1.82) is 0 Å². The number of hydrogen-bond acceptors (Lipinski definition) is 3. The molecule has 0 aliphatic carbocycles. The molecule has 1 heterocycles. The molecule has 60 heavy (non-hydrogen) atoms. The Labute approximate surface area is 349 Å². The summed E-state index contributed by atoms with van der Waals surface area (Å²) in [6.45, 7) is 0. The standard InChI is InChI=1S/C57H37N3/c1-3-12-38(13-4-1)40-22-24-42(25-23-40)47-18-11-19-49(36-47)57-59-55(45-30-26-41(27-31-45)39-14-5-2-6-15-39)58-56(60-57)46-32-28-44(29-33-46)54-51-21-10-8-17-48(51)37-53-50-20-9-7-16-43(50)34-35-52(53)54/h1-37H. The van der Waals surface area contributed by atoms with Crippen molar-refractivity contribution in [3.05, 3.63) is 224 Å². The summed E-state index contributed by atoms with van der Waals surface area (Å²) in [4.78, 5) is 15.4. The van der Waals surface area contributed by atoms with Crippen molar-refractivity contribution >= 4 is 32.3 Å². The number of aromatic nitrogens is 3. The molecule has 11 aromatic rings. The largest absolute Gasteiger partial charge is 0.208 e. The van der Waals surface area contributed by atoms with Gasteiger partial charge in [-0.25, -0.2) is 15.0 Å². The van der Waals surface area contributed by atoms with Gasteiger partial charge in [-0.2, -0.15) is 0 Å². The van der Waals surface area contributed by atoms with E-state index in [1.165, 1.54) is 54.6 Å². The fourth-order valence-corrected chi connectivity index (χ4v) is 8.45. The second-order valence-electron chi connectivity index (χ2n) is 15.2. The molecule has 0 saturated heterocycles. The van der Waals surface area contributed by atoms with Crippen molar-refractivity contribution in [1.82, 2.24) is 15.0 Å². The molecule has 0 bridgehead atoms. The molecular formula is C57H37N3. The van der Waals surface area contributed by atoms with Crippen LogP contribution in [0.15, 0.2) is 224 Å². The summed E-state index contributed by atoms with van der Waals surface area (Å²) in [5.74, 6) is 1.88. The average Bonchev–Trinajstić information content (AvgIpc) is 3.34. The van der Waals surface area contributed by atoms with Gasteiger partial charge >= 0.3 is 0 Å². The van der Waals surface area contributed by atoms with Gasteiger partial charge in [-0.1, -0.05) is 212 Å². The molecule has 0 radical (unpaired) electrons.